The minimum absolute atomic E-state index is 0.152. The highest BCUT2D eigenvalue weighted by Crippen LogP contribution is 2.43. The van der Waals surface area contributed by atoms with E-state index in [1.807, 2.05) is 60.7 Å². The highest BCUT2D eigenvalue weighted by atomic mass is 35.5. The Hall–Kier alpha value is -2.85. The molecule has 0 bridgehead atoms. The van der Waals surface area contributed by atoms with Crippen LogP contribution in [0.4, 0.5) is 0 Å². The molecule has 0 aromatic heterocycles. The van der Waals surface area contributed by atoms with Crippen LogP contribution in [0, 0.1) is 0 Å². The molecule has 28 heavy (non-hydrogen) atoms. The minimum atomic E-state index is -0.152. The third-order valence-electron chi connectivity index (χ3n) is 4.69. The van der Waals surface area contributed by atoms with Crippen LogP contribution in [0.25, 0.3) is 0 Å². The van der Waals surface area contributed by atoms with E-state index in [0.717, 1.165) is 39.7 Å². The summed E-state index contributed by atoms with van der Waals surface area (Å²) in [6.07, 6.45) is 0. The summed E-state index contributed by atoms with van der Waals surface area (Å²) in [4.78, 5) is 0. The van der Waals surface area contributed by atoms with E-state index in [-0.39, 0.29) is 5.92 Å². The third-order valence-corrected chi connectivity index (χ3v) is 4.92. The summed E-state index contributed by atoms with van der Waals surface area (Å²) in [5.74, 6) is 2.75. The summed E-state index contributed by atoms with van der Waals surface area (Å²) in [6, 6.07) is 19.4. The molecule has 146 valence electrons. The molecule has 0 heterocycles. The summed E-state index contributed by atoms with van der Waals surface area (Å²) in [5.41, 5.74) is 2.99. The van der Waals surface area contributed by atoms with Gasteiger partial charge in [0.1, 0.15) is 23.0 Å². The van der Waals surface area contributed by atoms with E-state index in [1.165, 1.54) is 0 Å². The van der Waals surface area contributed by atoms with Crippen LogP contribution >= 0.6 is 11.6 Å². The van der Waals surface area contributed by atoms with E-state index in [9.17, 15) is 0 Å². The lowest BCUT2D eigenvalue weighted by Crippen LogP contribution is -2.08. The van der Waals surface area contributed by atoms with Gasteiger partial charge < -0.3 is 18.9 Å². The first kappa shape index (κ1) is 19.9. The Morgan fingerprint density at radius 2 is 1.18 bits per heavy atom. The Labute approximate surface area is 170 Å². The average molecular weight is 399 g/mol. The lowest BCUT2D eigenvalue weighted by molar-refractivity contribution is 0.386. The number of benzene rings is 3. The van der Waals surface area contributed by atoms with Crippen molar-refractivity contribution >= 4 is 11.6 Å². The van der Waals surface area contributed by atoms with Crippen LogP contribution in [0.15, 0.2) is 60.7 Å². The van der Waals surface area contributed by atoms with Crippen molar-refractivity contribution in [3.8, 4) is 23.0 Å². The molecule has 0 N–H and O–H groups in total. The number of ether oxygens (including phenoxy) is 4. The molecule has 0 atom stereocenters. The molecule has 3 aromatic carbocycles. The highest BCUT2D eigenvalue weighted by Gasteiger charge is 2.25. The molecule has 0 saturated carbocycles. The van der Waals surface area contributed by atoms with Crippen LogP contribution in [-0.4, -0.2) is 28.4 Å². The molecule has 0 amide bonds. The van der Waals surface area contributed by atoms with Gasteiger partial charge in [0.15, 0.2) is 0 Å². The fourth-order valence-electron chi connectivity index (χ4n) is 3.33. The number of hydrogen-bond acceptors (Lipinski definition) is 4. The van der Waals surface area contributed by atoms with E-state index >= 15 is 0 Å². The van der Waals surface area contributed by atoms with Gasteiger partial charge in [-0.15, -0.1) is 0 Å². The lowest BCUT2D eigenvalue weighted by Gasteiger charge is -2.24. The number of hydrogen-bond donors (Lipinski definition) is 0. The van der Waals surface area contributed by atoms with Crippen LogP contribution in [0.1, 0.15) is 22.6 Å². The first-order chi connectivity index (χ1) is 13.6. The Morgan fingerprint density at radius 1 is 0.643 bits per heavy atom. The fourth-order valence-corrected chi connectivity index (χ4v) is 3.53. The van der Waals surface area contributed by atoms with Crippen molar-refractivity contribution < 1.29 is 18.9 Å². The normalized spacial score (nSPS) is 10.6. The number of methoxy groups -OCH3 is 4. The summed E-state index contributed by atoms with van der Waals surface area (Å²) < 4.78 is 22.1. The summed E-state index contributed by atoms with van der Waals surface area (Å²) in [7, 11) is 6.57. The van der Waals surface area contributed by atoms with Crippen LogP contribution in [0.3, 0.4) is 0 Å². The second-order valence-corrected chi connectivity index (χ2v) is 6.64. The van der Waals surface area contributed by atoms with Gasteiger partial charge in [-0.1, -0.05) is 35.9 Å². The molecule has 0 spiro atoms. The maximum atomic E-state index is 6.30. The lowest BCUT2D eigenvalue weighted by atomic mass is 9.84. The maximum Gasteiger partial charge on any atom is 0.126 e. The molecule has 3 aromatic rings. The first-order valence-electron chi connectivity index (χ1n) is 8.80. The number of rotatable bonds is 7. The van der Waals surface area contributed by atoms with Gasteiger partial charge in [0.05, 0.1) is 28.4 Å². The maximum absolute atomic E-state index is 6.30. The largest absolute Gasteiger partial charge is 0.497 e. The molecule has 0 fully saturated rings. The van der Waals surface area contributed by atoms with E-state index in [0.29, 0.717) is 5.02 Å². The second kappa shape index (κ2) is 8.89. The van der Waals surface area contributed by atoms with Crippen LogP contribution in [0.2, 0.25) is 5.02 Å². The molecule has 0 aliphatic heterocycles. The zero-order valence-electron chi connectivity index (χ0n) is 16.4. The van der Waals surface area contributed by atoms with Gasteiger partial charge in [-0.2, -0.15) is 0 Å². The molecular weight excluding hydrogens is 376 g/mol. The van der Waals surface area contributed by atoms with E-state index in [4.69, 9.17) is 30.5 Å². The Morgan fingerprint density at radius 3 is 1.61 bits per heavy atom. The SMILES string of the molecule is COc1ccc(C(c2cccc(Cl)c2)c2ccc(OC)cc2OC)c(OC)c1. The van der Waals surface area contributed by atoms with Crippen molar-refractivity contribution in [2.75, 3.05) is 28.4 Å². The van der Waals surface area contributed by atoms with E-state index < -0.39 is 0 Å². The summed E-state index contributed by atoms with van der Waals surface area (Å²) in [6.45, 7) is 0. The van der Waals surface area contributed by atoms with Gasteiger partial charge in [0.25, 0.3) is 0 Å². The molecular formula is C23H23ClO4. The van der Waals surface area contributed by atoms with Crippen molar-refractivity contribution in [1.82, 2.24) is 0 Å². The zero-order valence-corrected chi connectivity index (χ0v) is 17.1. The highest BCUT2D eigenvalue weighted by molar-refractivity contribution is 6.30. The summed E-state index contributed by atoms with van der Waals surface area (Å²) in [5, 5.41) is 0.669. The molecule has 4 nitrogen and oxygen atoms in total. The quantitative estimate of drug-likeness (QED) is 0.488. The van der Waals surface area contributed by atoms with E-state index in [1.54, 1.807) is 28.4 Å². The minimum Gasteiger partial charge on any atom is -0.497 e. The van der Waals surface area contributed by atoms with Crippen molar-refractivity contribution in [2.45, 2.75) is 5.92 Å². The summed E-state index contributed by atoms with van der Waals surface area (Å²) >= 11 is 6.30. The predicted molar refractivity (Wildman–Crippen MR) is 111 cm³/mol. The van der Waals surface area contributed by atoms with Gasteiger partial charge in [0, 0.05) is 34.2 Å². The van der Waals surface area contributed by atoms with Gasteiger partial charge in [-0.25, -0.2) is 0 Å². The van der Waals surface area contributed by atoms with Gasteiger partial charge in [0.2, 0.25) is 0 Å². The van der Waals surface area contributed by atoms with Crippen molar-refractivity contribution in [1.29, 1.82) is 0 Å². The van der Waals surface area contributed by atoms with Gasteiger partial charge in [-0.3, -0.25) is 0 Å². The molecule has 5 heteroatoms. The Balaban J connectivity index is 2.26. The van der Waals surface area contributed by atoms with Crippen molar-refractivity contribution in [3.05, 3.63) is 82.4 Å². The van der Waals surface area contributed by atoms with E-state index in [2.05, 4.69) is 0 Å². The standard InChI is InChI=1S/C23H23ClO4/c1-25-17-8-10-19(21(13-17)27-3)23(15-6-5-7-16(24)12-15)20-11-9-18(26-2)14-22(20)28-4/h5-14,23H,1-4H3. The monoisotopic (exact) mass is 398 g/mol. The topological polar surface area (TPSA) is 36.9 Å². The zero-order chi connectivity index (χ0) is 20.1. The van der Waals surface area contributed by atoms with Crippen LogP contribution in [0.5, 0.6) is 23.0 Å². The van der Waals surface area contributed by atoms with Crippen molar-refractivity contribution in [2.24, 2.45) is 0 Å². The first-order valence-corrected chi connectivity index (χ1v) is 9.18. The molecule has 0 aliphatic rings. The molecule has 0 radical (unpaired) electrons. The smallest absolute Gasteiger partial charge is 0.126 e. The average Bonchev–Trinajstić information content (AvgIpc) is 2.74. The van der Waals surface area contributed by atoms with Crippen molar-refractivity contribution in [3.63, 3.8) is 0 Å². The Kier molecular flexibility index (Phi) is 6.32. The van der Waals surface area contributed by atoms with Gasteiger partial charge in [-0.05, 0) is 29.8 Å². The second-order valence-electron chi connectivity index (χ2n) is 6.20. The van der Waals surface area contributed by atoms with Gasteiger partial charge >= 0.3 is 0 Å². The molecule has 0 aliphatic carbocycles. The van der Waals surface area contributed by atoms with Crippen LogP contribution < -0.4 is 18.9 Å². The Bertz CT molecular complexity index is 900. The molecule has 3 rings (SSSR count). The van der Waals surface area contributed by atoms with Crippen LogP contribution in [-0.2, 0) is 0 Å². The predicted octanol–water partition coefficient (Wildman–Crippen LogP) is 5.55. The molecule has 0 unspecified atom stereocenters. The third kappa shape index (κ3) is 4.02. The fraction of sp³-hybridized carbons (Fsp3) is 0.217. The molecule has 0 saturated heterocycles. The number of halogens is 1.